The maximum atomic E-state index is 8.65. The first kappa shape index (κ1) is 34.5. The van der Waals surface area contributed by atoms with Gasteiger partial charge in [0.25, 0.3) is 6.33 Å². The Bertz CT molecular complexity index is 4240. The molecule has 70 heavy (non-hydrogen) atoms. The summed E-state index contributed by atoms with van der Waals surface area (Å²) in [5.41, 5.74) is 12.3. The smallest absolute Gasteiger partial charge is 0.269 e. The first-order chi connectivity index (χ1) is 37.5. The molecule has 5 heteroatoms. The molecule has 0 saturated heterocycles. The van der Waals surface area contributed by atoms with Gasteiger partial charge in [-0.1, -0.05) is 178 Å². The molecule has 0 amide bonds. The summed E-state index contributed by atoms with van der Waals surface area (Å²) in [5.74, 6) is 1.35. The molecule has 0 aliphatic heterocycles. The van der Waals surface area contributed by atoms with Crippen LogP contribution in [0.4, 0.5) is 0 Å². The van der Waals surface area contributed by atoms with Crippen LogP contribution in [-0.4, -0.2) is 14.1 Å². The van der Waals surface area contributed by atoms with E-state index in [1.54, 1.807) is 0 Å². The Morgan fingerprint density at radius 1 is 0.543 bits per heavy atom. The number of para-hydroxylation sites is 4. The number of pyridine rings is 1. The number of imidazole rings is 1. The molecule has 12 rings (SSSR count). The second kappa shape index (κ2) is 17.4. The summed E-state index contributed by atoms with van der Waals surface area (Å²) in [6.07, 6.45) is 5.11. The third-order valence-electron chi connectivity index (χ3n) is 12.9. The summed E-state index contributed by atoms with van der Waals surface area (Å²) in [6.45, 7) is 4.00. The molecule has 0 spiro atoms. The highest BCUT2D eigenvalue weighted by Gasteiger charge is 2.25. The number of aromatic nitrogens is 4. The summed E-state index contributed by atoms with van der Waals surface area (Å²) in [6, 6.07) is 62.9. The van der Waals surface area contributed by atoms with Gasteiger partial charge in [-0.05, 0) is 123 Å². The second-order valence-electron chi connectivity index (χ2n) is 18.5. The summed E-state index contributed by atoms with van der Waals surface area (Å²) in [5, 5.41) is 1.77. The first-order valence-electron chi connectivity index (χ1n) is 27.3. The highest BCUT2D eigenvalue weighted by molar-refractivity contribution is 6.09. The molecular formula is C65H50N4O. The molecule has 0 aliphatic rings. The van der Waals surface area contributed by atoms with Crippen LogP contribution in [0.2, 0.25) is 0 Å². The topological polar surface area (TPSA) is 35.9 Å². The van der Waals surface area contributed by atoms with Crippen molar-refractivity contribution in [1.29, 1.82) is 0 Å². The van der Waals surface area contributed by atoms with Crippen molar-refractivity contribution >= 4 is 32.8 Å². The zero-order valence-electron chi connectivity index (χ0n) is 46.7. The van der Waals surface area contributed by atoms with Crippen molar-refractivity contribution in [2.24, 2.45) is 0 Å². The van der Waals surface area contributed by atoms with E-state index in [0.29, 0.717) is 17.0 Å². The van der Waals surface area contributed by atoms with Gasteiger partial charge in [0.05, 0.1) is 40.3 Å². The lowest BCUT2D eigenvalue weighted by Crippen LogP contribution is -2.34. The van der Waals surface area contributed by atoms with Crippen molar-refractivity contribution in [2.45, 2.75) is 33.0 Å². The van der Waals surface area contributed by atoms with E-state index in [0.717, 1.165) is 77.6 Å². The van der Waals surface area contributed by atoms with Crippen LogP contribution in [0.15, 0.2) is 231 Å². The molecule has 12 aromatic rings. The fourth-order valence-corrected chi connectivity index (χ4v) is 9.65. The van der Waals surface area contributed by atoms with Crippen LogP contribution in [0, 0.1) is 13.2 Å². The Morgan fingerprint density at radius 3 is 1.94 bits per heavy atom. The number of aryl methyl sites for hydroxylation is 1. The number of fused-ring (bicyclic) bond motifs is 4. The SMILES string of the molecule is [2H]c1c([2H])c([2H])c(-c2cnc(-n3c4ccccc4c4ccc(Oc5cccc(-n6[c-][n+](-c7c(-c8cc(-c9ccccc9)cc(-c9ccccc9)c8)cccc7C(C)(C)C)c7ccccc76)c5)cc43)cc2C([2H])([2H])[2H])c([2H])c1[2H]. The standard InChI is InChI=1S/C65H50N4O/c1-44-36-63(66-42-57(44)47-24-12-7-13-25-47)69-59-31-15-14-28-55(59)56-35-34-53(41-62(56)69)70-52-27-18-26-51(40-52)67-43-68(61-33-17-16-32-60(61)67)64-54(29-19-30-58(64)65(2,3)4)50-38-48(45-20-8-5-9-21-45)37-49(39-50)46-22-10-6-11-23-46/h5-42H,1-4H3/i1D3,7D,12D,13D,24D,25D. The molecule has 3 heterocycles. The lowest BCUT2D eigenvalue weighted by Gasteiger charge is -2.26. The van der Waals surface area contributed by atoms with E-state index in [9.17, 15) is 0 Å². The normalized spacial score (nSPS) is 13.5. The fourth-order valence-electron chi connectivity index (χ4n) is 9.65. The van der Waals surface area contributed by atoms with Gasteiger partial charge in [0.2, 0.25) is 0 Å². The molecule has 0 fully saturated rings. The van der Waals surface area contributed by atoms with Gasteiger partial charge in [-0.2, -0.15) is 0 Å². The fraction of sp³-hybridized carbons (Fsp3) is 0.0769. The van der Waals surface area contributed by atoms with Crippen LogP contribution in [0.5, 0.6) is 11.5 Å². The van der Waals surface area contributed by atoms with E-state index in [2.05, 4.69) is 139 Å². The Kier molecular flexibility index (Phi) is 8.56. The minimum absolute atomic E-state index is 0.0662. The van der Waals surface area contributed by atoms with E-state index >= 15 is 0 Å². The first-order valence-corrected chi connectivity index (χ1v) is 23.3. The average molecular weight is 911 g/mol. The van der Waals surface area contributed by atoms with Crippen LogP contribution in [0.1, 0.15) is 42.9 Å². The van der Waals surface area contributed by atoms with Crippen molar-refractivity contribution in [2.75, 3.05) is 0 Å². The van der Waals surface area contributed by atoms with Crippen molar-refractivity contribution in [3.05, 3.63) is 248 Å². The Labute approximate surface area is 420 Å². The van der Waals surface area contributed by atoms with Gasteiger partial charge in [0.1, 0.15) is 17.3 Å². The zero-order chi connectivity index (χ0) is 54.2. The van der Waals surface area contributed by atoms with Crippen LogP contribution >= 0.6 is 0 Å². The quantitative estimate of drug-likeness (QED) is 0.107. The molecule has 0 bridgehead atoms. The van der Waals surface area contributed by atoms with Gasteiger partial charge in [-0.25, -0.2) is 4.98 Å². The van der Waals surface area contributed by atoms with Gasteiger partial charge in [-0.3, -0.25) is 13.7 Å². The van der Waals surface area contributed by atoms with Crippen LogP contribution in [-0.2, 0) is 5.41 Å². The van der Waals surface area contributed by atoms with E-state index in [1.807, 2.05) is 89.5 Å². The molecule has 0 atom stereocenters. The molecule has 3 aromatic heterocycles. The summed E-state index contributed by atoms with van der Waals surface area (Å²) in [7, 11) is 0. The van der Waals surface area contributed by atoms with Crippen molar-refractivity contribution in [1.82, 2.24) is 14.1 Å². The van der Waals surface area contributed by atoms with Crippen LogP contribution in [0.3, 0.4) is 0 Å². The lowest BCUT2D eigenvalue weighted by atomic mass is 9.82. The minimum Gasteiger partial charge on any atom is -0.458 e. The molecule has 0 unspecified atom stereocenters. The summed E-state index contributed by atoms with van der Waals surface area (Å²) in [4.78, 5) is 4.75. The third kappa shape index (κ3) is 7.72. The van der Waals surface area contributed by atoms with Crippen LogP contribution < -0.4 is 9.30 Å². The zero-order valence-corrected chi connectivity index (χ0v) is 38.7. The summed E-state index contributed by atoms with van der Waals surface area (Å²) < 4.78 is 80.7. The Balaban J connectivity index is 0.965. The van der Waals surface area contributed by atoms with E-state index in [-0.39, 0.29) is 27.9 Å². The Morgan fingerprint density at radius 2 is 1.20 bits per heavy atom. The minimum atomic E-state index is -2.74. The van der Waals surface area contributed by atoms with Gasteiger partial charge in [0.15, 0.2) is 0 Å². The monoisotopic (exact) mass is 910 g/mol. The van der Waals surface area contributed by atoms with Gasteiger partial charge >= 0.3 is 0 Å². The van der Waals surface area contributed by atoms with E-state index < -0.39 is 37.1 Å². The average Bonchev–Trinajstić information content (AvgIpc) is 4.17. The highest BCUT2D eigenvalue weighted by Crippen LogP contribution is 2.40. The van der Waals surface area contributed by atoms with Crippen LogP contribution in [0.25, 0.3) is 94.5 Å². The molecule has 5 nitrogen and oxygen atoms in total. The summed E-state index contributed by atoms with van der Waals surface area (Å²) >= 11 is 0. The number of rotatable bonds is 9. The van der Waals surface area contributed by atoms with Crippen molar-refractivity contribution < 1.29 is 20.3 Å². The number of nitrogens with zero attached hydrogens (tertiary/aromatic N) is 4. The number of benzene rings is 9. The van der Waals surface area contributed by atoms with E-state index in [1.165, 1.54) is 12.3 Å². The van der Waals surface area contributed by atoms with Crippen molar-refractivity contribution in [3.8, 4) is 73.2 Å². The van der Waals surface area contributed by atoms with Gasteiger partial charge in [0, 0.05) is 32.7 Å². The molecule has 0 N–H and O–H groups in total. The maximum absolute atomic E-state index is 8.65. The molecular weight excluding hydrogens is 853 g/mol. The highest BCUT2D eigenvalue weighted by atomic mass is 16.5. The number of hydrogen-bond donors (Lipinski definition) is 0. The molecule has 0 radical (unpaired) electrons. The second-order valence-corrected chi connectivity index (χ2v) is 18.5. The van der Waals surface area contributed by atoms with E-state index in [4.69, 9.17) is 20.7 Å². The lowest BCUT2D eigenvalue weighted by molar-refractivity contribution is -0.572. The number of ether oxygens (including phenoxy) is 1. The van der Waals surface area contributed by atoms with Gasteiger partial charge < -0.3 is 4.74 Å². The molecule has 9 aromatic carbocycles. The van der Waals surface area contributed by atoms with Gasteiger partial charge in [-0.15, -0.1) is 0 Å². The molecule has 336 valence electrons. The molecule has 0 saturated carbocycles. The largest absolute Gasteiger partial charge is 0.458 e. The predicted octanol–water partition coefficient (Wildman–Crippen LogP) is 16.3. The molecule has 0 aliphatic carbocycles. The van der Waals surface area contributed by atoms with Crippen molar-refractivity contribution in [3.63, 3.8) is 0 Å². The Hall–Kier alpha value is -8.80. The predicted molar refractivity (Wildman–Crippen MR) is 287 cm³/mol. The third-order valence-corrected chi connectivity index (χ3v) is 12.9. The maximum Gasteiger partial charge on any atom is 0.269 e. The number of hydrogen-bond acceptors (Lipinski definition) is 2.